The summed E-state index contributed by atoms with van der Waals surface area (Å²) in [5.74, 6) is -1.81. The van der Waals surface area contributed by atoms with Crippen LogP contribution in [0.5, 0.6) is 0 Å². The maximum atomic E-state index is 13.8. The van der Waals surface area contributed by atoms with Crippen molar-refractivity contribution in [2.75, 3.05) is 18.1 Å². The number of ketones is 1. The molecule has 0 unspecified atom stereocenters. The molecule has 2 amide bonds. The van der Waals surface area contributed by atoms with E-state index in [0.29, 0.717) is 12.2 Å². The summed E-state index contributed by atoms with van der Waals surface area (Å²) in [6.45, 7) is 0.947. The van der Waals surface area contributed by atoms with Crippen LogP contribution in [0.15, 0.2) is 60.7 Å². The molecule has 4 aliphatic rings. The first-order chi connectivity index (χ1) is 15.6. The average molecular weight is 428 g/mol. The van der Waals surface area contributed by atoms with Crippen LogP contribution in [0.2, 0.25) is 0 Å². The van der Waals surface area contributed by atoms with Crippen LogP contribution in [0, 0.1) is 11.8 Å². The molecule has 0 radical (unpaired) electrons. The number of ether oxygens (including phenoxy) is 1. The molecule has 32 heavy (non-hydrogen) atoms. The van der Waals surface area contributed by atoms with E-state index in [1.165, 1.54) is 4.90 Å². The van der Waals surface area contributed by atoms with Gasteiger partial charge in [0.05, 0.1) is 30.5 Å². The largest absolute Gasteiger partial charge is 0.376 e. The Bertz CT molecular complexity index is 1120. The number of carbonyl (C=O) groups excluding carboxylic acids is 3. The number of fused-ring (bicyclic) bond motifs is 5. The predicted molar refractivity (Wildman–Crippen MR) is 119 cm³/mol. The molecule has 162 valence electrons. The van der Waals surface area contributed by atoms with Crippen molar-refractivity contribution in [2.24, 2.45) is 11.8 Å². The van der Waals surface area contributed by atoms with E-state index >= 15 is 0 Å². The normalized spacial score (nSPS) is 30.4. The zero-order valence-electron chi connectivity index (χ0n) is 17.6. The van der Waals surface area contributed by atoms with Crippen LogP contribution in [0.25, 0.3) is 6.08 Å². The summed E-state index contributed by atoms with van der Waals surface area (Å²) in [4.78, 5) is 44.3. The lowest BCUT2D eigenvalue weighted by Crippen LogP contribution is -2.49. The average Bonchev–Trinajstić information content (AvgIpc) is 3.52. The fourth-order valence-electron chi connectivity index (χ4n) is 5.82. The summed E-state index contributed by atoms with van der Waals surface area (Å²) in [5, 5.41) is 0. The van der Waals surface area contributed by atoms with E-state index in [1.54, 1.807) is 12.1 Å². The molecule has 0 aliphatic carbocycles. The van der Waals surface area contributed by atoms with E-state index in [9.17, 15) is 14.4 Å². The number of rotatable bonds is 4. The molecule has 5 atom stereocenters. The van der Waals surface area contributed by atoms with Crippen LogP contribution in [-0.2, 0) is 14.3 Å². The zero-order chi connectivity index (χ0) is 21.8. The molecule has 4 aliphatic heterocycles. The van der Waals surface area contributed by atoms with E-state index in [0.717, 1.165) is 24.1 Å². The molecule has 0 N–H and O–H groups in total. The van der Waals surface area contributed by atoms with Crippen molar-refractivity contribution < 1.29 is 19.1 Å². The van der Waals surface area contributed by atoms with Crippen molar-refractivity contribution in [3.05, 3.63) is 71.8 Å². The topological polar surface area (TPSA) is 66.9 Å². The number of likely N-dealkylation sites (tertiary alicyclic amines) is 1. The Morgan fingerprint density at radius 3 is 2.50 bits per heavy atom. The summed E-state index contributed by atoms with van der Waals surface area (Å²) in [5.41, 5.74) is 2.45. The Morgan fingerprint density at radius 2 is 1.72 bits per heavy atom. The van der Waals surface area contributed by atoms with Gasteiger partial charge in [-0.1, -0.05) is 60.7 Å². The molecule has 2 aromatic rings. The molecule has 3 saturated heterocycles. The first kappa shape index (κ1) is 19.4. The van der Waals surface area contributed by atoms with Gasteiger partial charge in [0.15, 0.2) is 5.78 Å². The Labute approximate surface area is 186 Å². The number of imide groups is 1. The molecule has 4 heterocycles. The Hall–Kier alpha value is -3.25. The van der Waals surface area contributed by atoms with Gasteiger partial charge in [-0.05, 0) is 24.5 Å². The van der Waals surface area contributed by atoms with E-state index in [-0.39, 0.29) is 36.3 Å². The second kappa shape index (κ2) is 7.41. The number of Topliss-reactive ketones (excluding diaryl/α,β-unsaturated/α-hetero) is 1. The third-order valence-electron chi connectivity index (χ3n) is 7.24. The van der Waals surface area contributed by atoms with Crippen LogP contribution in [0.3, 0.4) is 0 Å². The molecule has 6 heteroatoms. The summed E-state index contributed by atoms with van der Waals surface area (Å²) in [6.07, 6.45) is 5.67. The number of carbonyl (C=O) groups is 3. The highest BCUT2D eigenvalue weighted by Crippen LogP contribution is 2.49. The van der Waals surface area contributed by atoms with Gasteiger partial charge in [-0.3, -0.25) is 19.3 Å². The van der Waals surface area contributed by atoms with Gasteiger partial charge in [0.2, 0.25) is 11.8 Å². The summed E-state index contributed by atoms with van der Waals surface area (Å²) >= 11 is 0. The smallest absolute Gasteiger partial charge is 0.235 e. The number of benzene rings is 2. The van der Waals surface area contributed by atoms with Gasteiger partial charge in [0.1, 0.15) is 6.04 Å². The van der Waals surface area contributed by atoms with Crippen molar-refractivity contribution in [1.29, 1.82) is 0 Å². The van der Waals surface area contributed by atoms with E-state index in [4.69, 9.17) is 4.74 Å². The molecule has 3 fully saturated rings. The highest BCUT2D eigenvalue weighted by Gasteiger charge is 2.64. The Balaban J connectivity index is 1.43. The van der Waals surface area contributed by atoms with Gasteiger partial charge in [-0.2, -0.15) is 0 Å². The number of nitrogens with zero attached hydrogens (tertiary/aromatic N) is 2. The quantitative estimate of drug-likeness (QED) is 0.553. The van der Waals surface area contributed by atoms with Gasteiger partial charge in [0, 0.05) is 17.9 Å². The monoisotopic (exact) mass is 428 g/mol. The first-order valence-electron chi connectivity index (χ1n) is 11.3. The molecule has 0 spiro atoms. The van der Waals surface area contributed by atoms with Crippen LogP contribution >= 0.6 is 0 Å². The highest BCUT2D eigenvalue weighted by atomic mass is 16.5. The van der Waals surface area contributed by atoms with E-state index < -0.39 is 17.9 Å². The minimum absolute atomic E-state index is 0.108. The maximum Gasteiger partial charge on any atom is 0.235 e. The van der Waals surface area contributed by atoms with Crippen molar-refractivity contribution in [3.63, 3.8) is 0 Å². The standard InChI is InChI=1S/C26H24N2O4/c29-24(17-8-2-1-3-9-17)23-22-21(20-13-12-16-7-4-5-11-19(16)28(20)23)25(30)27(26(22)31)15-18-10-6-14-32-18/h1-5,7-9,11-13,18,20-23H,6,10,14-15H2/t18-,20-,21-,22+,23-/m0/s1. The van der Waals surface area contributed by atoms with Crippen molar-refractivity contribution in [1.82, 2.24) is 4.90 Å². The van der Waals surface area contributed by atoms with Crippen LogP contribution < -0.4 is 4.90 Å². The second-order valence-corrected chi connectivity index (χ2v) is 8.96. The van der Waals surface area contributed by atoms with Gasteiger partial charge >= 0.3 is 0 Å². The minimum Gasteiger partial charge on any atom is -0.376 e. The summed E-state index contributed by atoms with van der Waals surface area (Å²) < 4.78 is 5.69. The Kier molecular flexibility index (Phi) is 4.50. The number of para-hydroxylation sites is 1. The number of hydrogen-bond acceptors (Lipinski definition) is 5. The molecule has 2 aromatic carbocycles. The third kappa shape index (κ3) is 2.79. The van der Waals surface area contributed by atoms with Crippen LogP contribution in [-0.4, -0.2) is 53.8 Å². The third-order valence-corrected chi connectivity index (χ3v) is 7.24. The number of amides is 2. The van der Waals surface area contributed by atoms with Crippen molar-refractivity contribution >= 4 is 29.4 Å². The summed E-state index contributed by atoms with van der Waals surface area (Å²) in [6, 6.07) is 15.9. The van der Waals surface area contributed by atoms with Gasteiger partial charge in [0.25, 0.3) is 0 Å². The van der Waals surface area contributed by atoms with Gasteiger partial charge in [-0.15, -0.1) is 0 Å². The lowest BCUT2D eigenvalue weighted by Gasteiger charge is -2.36. The Morgan fingerprint density at radius 1 is 0.969 bits per heavy atom. The van der Waals surface area contributed by atoms with Crippen LogP contribution in [0.4, 0.5) is 5.69 Å². The van der Waals surface area contributed by atoms with E-state index in [2.05, 4.69) is 0 Å². The summed E-state index contributed by atoms with van der Waals surface area (Å²) in [7, 11) is 0. The molecule has 6 nitrogen and oxygen atoms in total. The predicted octanol–water partition coefficient (Wildman–Crippen LogP) is 2.93. The van der Waals surface area contributed by atoms with Crippen molar-refractivity contribution in [3.8, 4) is 0 Å². The van der Waals surface area contributed by atoms with Gasteiger partial charge in [-0.25, -0.2) is 0 Å². The molecule has 0 saturated carbocycles. The molecular formula is C26H24N2O4. The van der Waals surface area contributed by atoms with Crippen molar-refractivity contribution in [2.45, 2.75) is 31.0 Å². The maximum absolute atomic E-state index is 13.8. The first-order valence-corrected chi connectivity index (χ1v) is 11.3. The fraction of sp³-hybridized carbons (Fsp3) is 0.346. The highest BCUT2D eigenvalue weighted by molar-refractivity contribution is 6.14. The SMILES string of the molecule is O=C(c1ccccc1)[C@@H]1[C@@H]2C(=O)N(C[C@@H]3CCCO3)C(=O)[C@H]2[C@@H]2C=Cc3ccccc3N12. The van der Waals surface area contributed by atoms with E-state index in [1.807, 2.05) is 59.5 Å². The van der Waals surface area contributed by atoms with Crippen LogP contribution in [0.1, 0.15) is 28.8 Å². The molecule has 0 aromatic heterocycles. The lowest BCUT2D eigenvalue weighted by molar-refractivity contribution is -0.142. The lowest BCUT2D eigenvalue weighted by atomic mass is 9.86. The molecule has 6 rings (SSSR count). The molecular weight excluding hydrogens is 404 g/mol. The number of hydrogen-bond donors (Lipinski definition) is 0. The fourth-order valence-corrected chi connectivity index (χ4v) is 5.82. The number of anilines is 1. The second-order valence-electron chi connectivity index (χ2n) is 8.96. The van der Waals surface area contributed by atoms with Gasteiger partial charge < -0.3 is 9.64 Å². The molecule has 0 bridgehead atoms. The minimum atomic E-state index is -0.718. The zero-order valence-corrected chi connectivity index (χ0v) is 17.6.